The van der Waals surface area contributed by atoms with Gasteiger partial charge in [-0.1, -0.05) is 6.07 Å². The van der Waals surface area contributed by atoms with Crippen molar-refractivity contribution in [2.45, 2.75) is 19.9 Å². The maximum absolute atomic E-state index is 12.6. The average molecular weight is 408 g/mol. The van der Waals surface area contributed by atoms with Crippen LogP contribution in [0.1, 0.15) is 17.0 Å². The SMILES string of the molecule is COc1cc2c(cc1OC)CN(CC(=O)Nc1cccc(-n3nnnc3C)c1)CC2. The van der Waals surface area contributed by atoms with E-state index in [0.717, 1.165) is 30.0 Å². The summed E-state index contributed by atoms with van der Waals surface area (Å²) in [4.78, 5) is 14.8. The highest BCUT2D eigenvalue weighted by atomic mass is 16.5. The summed E-state index contributed by atoms with van der Waals surface area (Å²) in [5.41, 5.74) is 3.89. The molecular formula is C21H24N6O3. The Labute approximate surface area is 174 Å². The van der Waals surface area contributed by atoms with Crippen LogP contribution >= 0.6 is 0 Å². The van der Waals surface area contributed by atoms with E-state index >= 15 is 0 Å². The Morgan fingerprint density at radius 3 is 2.60 bits per heavy atom. The summed E-state index contributed by atoms with van der Waals surface area (Å²) in [6.07, 6.45) is 0.858. The molecule has 0 atom stereocenters. The quantitative estimate of drug-likeness (QED) is 0.666. The molecule has 4 rings (SSSR count). The molecule has 1 amide bonds. The third-order valence-electron chi connectivity index (χ3n) is 5.16. The Bertz CT molecular complexity index is 1060. The number of carbonyl (C=O) groups is 1. The summed E-state index contributed by atoms with van der Waals surface area (Å²) in [6.45, 7) is 3.62. The number of methoxy groups -OCH3 is 2. The highest BCUT2D eigenvalue weighted by Crippen LogP contribution is 2.33. The van der Waals surface area contributed by atoms with E-state index in [9.17, 15) is 4.79 Å². The van der Waals surface area contributed by atoms with E-state index in [2.05, 4.69) is 25.7 Å². The molecule has 2 aromatic carbocycles. The number of hydrogen-bond acceptors (Lipinski definition) is 7. The van der Waals surface area contributed by atoms with Gasteiger partial charge in [-0.3, -0.25) is 9.69 Å². The summed E-state index contributed by atoms with van der Waals surface area (Å²) in [7, 11) is 3.27. The first-order chi connectivity index (χ1) is 14.6. The molecule has 0 fully saturated rings. The normalized spacial score (nSPS) is 13.6. The molecule has 1 aromatic heterocycles. The topological polar surface area (TPSA) is 94.4 Å². The van der Waals surface area contributed by atoms with Crippen LogP contribution in [0.5, 0.6) is 11.5 Å². The summed E-state index contributed by atoms with van der Waals surface area (Å²) in [5, 5.41) is 14.5. The van der Waals surface area contributed by atoms with Gasteiger partial charge in [-0.2, -0.15) is 4.68 Å². The number of aromatic nitrogens is 4. The summed E-state index contributed by atoms with van der Waals surface area (Å²) >= 11 is 0. The van der Waals surface area contributed by atoms with Crippen LogP contribution in [0.4, 0.5) is 5.69 Å². The van der Waals surface area contributed by atoms with Gasteiger partial charge < -0.3 is 14.8 Å². The minimum absolute atomic E-state index is 0.0653. The molecule has 9 heteroatoms. The number of carbonyl (C=O) groups excluding carboxylic acids is 1. The van der Waals surface area contributed by atoms with Crippen molar-refractivity contribution in [1.29, 1.82) is 0 Å². The third-order valence-corrected chi connectivity index (χ3v) is 5.16. The second-order valence-corrected chi connectivity index (χ2v) is 7.17. The molecular weight excluding hydrogens is 384 g/mol. The van der Waals surface area contributed by atoms with Gasteiger partial charge in [0, 0.05) is 18.8 Å². The van der Waals surface area contributed by atoms with Crippen LogP contribution in [-0.4, -0.2) is 58.3 Å². The second kappa shape index (κ2) is 8.50. The molecule has 1 N–H and O–H groups in total. The van der Waals surface area contributed by atoms with Crippen molar-refractivity contribution in [2.75, 3.05) is 32.6 Å². The standard InChI is InChI=1S/C21H24N6O3/c1-14-23-24-25-27(14)18-6-4-5-17(11-18)22-21(28)13-26-8-7-15-9-19(29-2)20(30-3)10-16(15)12-26/h4-6,9-11H,7-8,12-13H2,1-3H3,(H,22,28). The van der Waals surface area contributed by atoms with E-state index in [-0.39, 0.29) is 5.91 Å². The van der Waals surface area contributed by atoms with Crippen LogP contribution in [0.25, 0.3) is 5.69 Å². The monoisotopic (exact) mass is 408 g/mol. The number of aryl methyl sites for hydroxylation is 1. The van der Waals surface area contributed by atoms with E-state index in [1.165, 1.54) is 5.56 Å². The lowest BCUT2D eigenvalue weighted by Crippen LogP contribution is -2.37. The highest BCUT2D eigenvalue weighted by molar-refractivity contribution is 5.92. The zero-order valence-corrected chi connectivity index (χ0v) is 17.3. The Hall–Kier alpha value is -3.46. The Morgan fingerprint density at radius 1 is 1.13 bits per heavy atom. The molecule has 3 aromatic rings. The molecule has 9 nitrogen and oxygen atoms in total. The van der Waals surface area contributed by atoms with Gasteiger partial charge in [0.05, 0.1) is 26.5 Å². The Kier molecular flexibility index (Phi) is 5.62. The molecule has 0 unspecified atom stereocenters. The van der Waals surface area contributed by atoms with Crippen molar-refractivity contribution in [3.05, 3.63) is 53.3 Å². The fraction of sp³-hybridized carbons (Fsp3) is 0.333. The van der Waals surface area contributed by atoms with Crippen molar-refractivity contribution in [2.24, 2.45) is 0 Å². The fourth-order valence-electron chi connectivity index (χ4n) is 3.67. The number of fused-ring (bicyclic) bond motifs is 1. The van der Waals surface area contributed by atoms with E-state index in [1.54, 1.807) is 18.9 Å². The van der Waals surface area contributed by atoms with Crippen molar-refractivity contribution in [3.8, 4) is 17.2 Å². The molecule has 0 saturated carbocycles. The predicted molar refractivity (Wildman–Crippen MR) is 111 cm³/mol. The highest BCUT2D eigenvalue weighted by Gasteiger charge is 2.21. The van der Waals surface area contributed by atoms with Crippen LogP contribution < -0.4 is 14.8 Å². The molecule has 0 bridgehead atoms. The summed E-state index contributed by atoms with van der Waals surface area (Å²) < 4.78 is 12.4. The Balaban J connectivity index is 1.41. The lowest BCUT2D eigenvalue weighted by Gasteiger charge is -2.29. The molecule has 0 radical (unpaired) electrons. The number of hydrogen-bond donors (Lipinski definition) is 1. The molecule has 1 aliphatic rings. The third kappa shape index (κ3) is 4.11. The van der Waals surface area contributed by atoms with Crippen molar-refractivity contribution < 1.29 is 14.3 Å². The van der Waals surface area contributed by atoms with Gasteiger partial charge in [0.25, 0.3) is 0 Å². The minimum Gasteiger partial charge on any atom is -0.493 e. The van der Waals surface area contributed by atoms with Gasteiger partial charge in [-0.05, 0) is 65.2 Å². The van der Waals surface area contributed by atoms with Crippen LogP contribution in [0.2, 0.25) is 0 Å². The number of amides is 1. The molecule has 30 heavy (non-hydrogen) atoms. The van der Waals surface area contributed by atoms with Crippen LogP contribution in [-0.2, 0) is 17.8 Å². The second-order valence-electron chi connectivity index (χ2n) is 7.17. The van der Waals surface area contributed by atoms with E-state index in [4.69, 9.17) is 9.47 Å². The predicted octanol–water partition coefficient (Wildman–Crippen LogP) is 1.98. The van der Waals surface area contributed by atoms with Gasteiger partial charge in [0.15, 0.2) is 17.3 Å². The van der Waals surface area contributed by atoms with Gasteiger partial charge in [0.1, 0.15) is 0 Å². The van der Waals surface area contributed by atoms with Gasteiger partial charge in [0.2, 0.25) is 5.91 Å². The first kappa shape index (κ1) is 19.8. The largest absolute Gasteiger partial charge is 0.493 e. The summed E-state index contributed by atoms with van der Waals surface area (Å²) in [5.74, 6) is 2.06. The number of rotatable bonds is 6. The van der Waals surface area contributed by atoms with Crippen molar-refractivity contribution >= 4 is 11.6 Å². The maximum atomic E-state index is 12.6. The lowest BCUT2D eigenvalue weighted by molar-refractivity contribution is -0.117. The molecule has 1 aliphatic heterocycles. The van der Waals surface area contributed by atoms with Crippen LogP contribution in [0.3, 0.4) is 0 Å². The first-order valence-electron chi connectivity index (χ1n) is 9.69. The van der Waals surface area contributed by atoms with E-state index < -0.39 is 0 Å². The zero-order valence-electron chi connectivity index (χ0n) is 17.3. The molecule has 0 aliphatic carbocycles. The van der Waals surface area contributed by atoms with E-state index in [0.29, 0.717) is 30.4 Å². The zero-order chi connectivity index (χ0) is 21.1. The van der Waals surface area contributed by atoms with Crippen LogP contribution in [0, 0.1) is 6.92 Å². The lowest BCUT2D eigenvalue weighted by atomic mass is 9.99. The number of tetrazole rings is 1. The number of benzene rings is 2. The number of anilines is 1. The van der Waals surface area contributed by atoms with Gasteiger partial charge in [-0.25, -0.2) is 0 Å². The van der Waals surface area contributed by atoms with Crippen molar-refractivity contribution in [1.82, 2.24) is 25.1 Å². The maximum Gasteiger partial charge on any atom is 0.238 e. The Morgan fingerprint density at radius 2 is 1.90 bits per heavy atom. The van der Waals surface area contributed by atoms with Crippen LogP contribution in [0.15, 0.2) is 36.4 Å². The molecule has 0 saturated heterocycles. The minimum atomic E-state index is -0.0653. The van der Waals surface area contributed by atoms with Gasteiger partial charge in [-0.15, -0.1) is 5.10 Å². The van der Waals surface area contributed by atoms with Crippen molar-refractivity contribution in [3.63, 3.8) is 0 Å². The number of ether oxygens (including phenoxy) is 2. The number of nitrogens with zero attached hydrogens (tertiary/aromatic N) is 5. The van der Waals surface area contributed by atoms with Gasteiger partial charge >= 0.3 is 0 Å². The average Bonchev–Trinajstić information content (AvgIpc) is 3.18. The molecule has 2 heterocycles. The molecule has 0 spiro atoms. The molecule has 156 valence electrons. The summed E-state index contributed by atoms with van der Waals surface area (Å²) in [6, 6.07) is 11.5. The first-order valence-corrected chi connectivity index (χ1v) is 9.69. The smallest absolute Gasteiger partial charge is 0.238 e. The number of nitrogens with one attached hydrogen (secondary N) is 1. The fourth-order valence-corrected chi connectivity index (χ4v) is 3.67. The van der Waals surface area contributed by atoms with E-state index in [1.807, 2.05) is 43.3 Å².